The summed E-state index contributed by atoms with van der Waals surface area (Å²) in [6.45, 7) is 4.24. The lowest BCUT2D eigenvalue weighted by atomic mass is 9.79. The molecule has 2 amide bonds. The van der Waals surface area contributed by atoms with Crippen LogP contribution in [0.4, 0.5) is 18.9 Å². The summed E-state index contributed by atoms with van der Waals surface area (Å²) in [6.07, 6.45) is -1.44. The van der Waals surface area contributed by atoms with Gasteiger partial charge in [0.05, 0.1) is 11.9 Å². The number of piperidine rings is 3. The molecule has 2 aromatic rings. The van der Waals surface area contributed by atoms with E-state index in [0.717, 1.165) is 37.3 Å². The Morgan fingerprint density at radius 1 is 1.20 bits per heavy atom. The number of hydrogen-bond donors (Lipinski definition) is 2. The summed E-state index contributed by atoms with van der Waals surface area (Å²) in [5.74, 6) is -1.83. The number of hydrogen-bond acceptors (Lipinski definition) is 5. The molecule has 1 aromatic heterocycles. The molecule has 3 saturated heterocycles. The predicted molar refractivity (Wildman–Crippen MR) is 107 cm³/mol. The maximum Gasteiger partial charge on any atom is 0.471 e. The van der Waals surface area contributed by atoms with E-state index in [1.54, 1.807) is 12.1 Å². The number of fused-ring (bicyclic) bond motifs is 3. The molecule has 0 spiro atoms. The van der Waals surface area contributed by atoms with Gasteiger partial charge in [0.1, 0.15) is 9.88 Å². The minimum Gasteiger partial charge on any atom is -0.347 e. The first-order valence-electron chi connectivity index (χ1n) is 9.72. The summed E-state index contributed by atoms with van der Waals surface area (Å²) in [4.78, 5) is 31.1. The van der Waals surface area contributed by atoms with Crippen molar-refractivity contribution in [3.63, 3.8) is 0 Å². The summed E-state index contributed by atoms with van der Waals surface area (Å²) < 4.78 is 37.8. The number of alkyl halides is 3. The fourth-order valence-corrected chi connectivity index (χ4v) is 5.10. The number of nitrogens with one attached hydrogen (secondary N) is 2. The molecule has 30 heavy (non-hydrogen) atoms. The van der Waals surface area contributed by atoms with Gasteiger partial charge in [-0.05, 0) is 50.9 Å². The Kier molecular flexibility index (Phi) is 5.54. The van der Waals surface area contributed by atoms with Crippen LogP contribution in [-0.2, 0) is 4.79 Å². The Morgan fingerprint density at radius 2 is 1.90 bits per heavy atom. The van der Waals surface area contributed by atoms with Crippen LogP contribution in [0.25, 0.3) is 10.6 Å². The van der Waals surface area contributed by atoms with Crippen LogP contribution in [0.1, 0.15) is 29.4 Å². The zero-order chi connectivity index (χ0) is 21.5. The predicted octanol–water partition coefficient (Wildman–Crippen LogP) is 3.52. The average Bonchev–Trinajstić information content (AvgIpc) is 3.21. The molecule has 2 atom stereocenters. The van der Waals surface area contributed by atoms with Crippen molar-refractivity contribution in [3.8, 4) is 10.6 Å². The largest absolute Gasteiger partial charge is 0.471 e. The van der Waals surface area contributed by atoms with Gasteiger partial charge < -0.3 is 10.6 Å². The molecule has 0 radical (unpaired) electrons. The summed E-state index contributed by atoms with van der Waals surface area (Å²) in [5.41, 5.74) is 0.322. The Balaban J connectivity index is 1.51. The van der Waals surface area contributed by atoms with Gasteiger partial charge in [-0.15, -0.1) is 11.3 Å². The summed E-state index contributed by atoms with van der Waals surface area (Å²) in [6, 6.07) is 6.42. The fourth-order valence-electron chi connectivity index (χ4n) is 4.24. The van der Waals surface area contributed by atoms with Gasteiger partial charge in [-0.3, -0.25) is 14.5 Å². The Bertz CT molecular complexity index is 952. The van der Waals surface area contributed by atoms with Gasteiger partial charge >= 0.3 is 12.1 Å². The molecule has 2 N–H and O–H groups in total. The molecule has 2 unspecified atom stereocenters. The van der Waals surface area contributed by atoms with Gasteiger partial charge in [0, 0.05) is 17.6 Å². The Labute approximate surface area is 175 Å². The SMILES string of the molecule is CC1C(NC(=O)c2cnc(-c3ccccc3NC(=O)C(F)(F)F)s2)C2CCN1CC2. The minimum atomic E-state index is -4.99. The molecule has 2 bridgehead atoms. The second-order valence-electron chi connectivity index (χ2n) is 7.64. The van der Waals surface area contributed by atoms with Crippen molar-refractivity contribution in [1.82, 2.24) is 15.2 Å². The molecule has 0 aliphatic carbocycles. The minimum absolute atomic E-state index is 0.00727. The second-order valence-corrected chi connectivity index (χ2v) is 8.67. The highest BCUT2D eigenvalue weighted by Gasteiger charge is 2.41. The molecule has 3 aliphatic rings. The van der Waals surface area contributed by atoms with Crippen molar-refractivity contribution in [2.45, 2.75) is 38.0 Å². The molecule has 160 valence electrons. The number of carbonyl (C=O) groups is 2. The third kappa shape index (κ3) is 4.06. The lowest BCUT2D eigenvalue weighted by Gasteiger charge is -2.49. The number of carbonyl (C=O) groups excluding carboxylic acids is 2. The van der Waals surface area contributed by atoms with Crippen LogP contribution >= 0.6 is 11.3 Å². The molecule has 5 rings (SSSR count). The highest BCUT2D eigenvalue weighted by atomic mass is 32.1. The fraction of sp³-hybridized carbons (Fsp3) is 0.450. The van der Waals surface area contributed by atoms with Crippen LogP contribution in [0.2, 0.25) is 0 Å². The van der Waals surface area contributed by atoms with Crippen molar-refractivity contribution >= 4 is 28.8 Å². The van der Waals surface area contributed by atoms with E-state index in [0.29, 0.717) is 21.4 Å². The number of benzene rings is 1. The van der Waals surface area contributed by atoms with Crippen molar-refractivity contribution < 1.29 is 22.8 Å². The van der Waals surface area contributed by atoms with Gasteiger partial charge in [0.2, 0.25) is 0 Å². The van der Waals surface area contributed by atoms with Gasteiger partial charge in [-0.1, -0.05) is 12.1 Å². The quantitative estimate of drug-likeness (QED) is 0.766. The van der Waals surface area contributed by atoms with E-state index in [9.17, 15) is 22.8 Å². The first kappa shape index (κ1) is 20.8. The van der Waals surface area contributed by atoms with E-state index >= 15 is 0 Å². The molecule has 1 aromatic carbocycles. The van der Waals surface area contributed by atoms with Gasteiger partial charge in [-0.25, -0.2) is 4.98 Å². The van der Waals surface area contributed by atoms with Crippen molar-refractivity contribution in [1.29, 1.82) is 0 Å². The molecule has 10 heteroatoms. The van der Waals surface area contributed by atoms with Crippen molar-refractivity contribution in [3.05, 3.63) is 35.3 Å². The van der Waals surface area contributed by atoms with Gasteiger partial charge in [0.25, 0.3) is 5.91 Å². The molecule has 4 heterocycles. The zero-order valence-electron chi connectivity index (χ0n) is 16.2. The molecular weight excluding hydrogens is 417 g/mol. The van der Waals surface area contributed by atoms with Gasteiger partial charge in [-0.2, -0.15) is 13.2 Å². The topological polar surface area (TPSA) is 74.3 Å². The smallest absolute Gasteiger partial charge is 0.347 e. The van der Waals surface area contributed by atoms with Gasteiger partial charge in [0.15, 0.2) is 0 Å². The van der Waals surface area contributed by atoms with E-state index in [2.05, 4.69) is 22.1 Å². The average molecular weight is 438 g/mol. The molecule has 3 aliphatic heterocycles. The number of anilines is 1. The van der Waals surface area contributed by atoms with Crippen LogP contribution in [0.15, 0.2) is 30.5 Å². The molecule has 0 saturated carbocycles. The van der Waals surface area contributed by atoms with Crippen LogP contribution < -0.4 is 10.6 Å². The van der Waals surface area contributed by atoms with E-state index in [4.69, 9.17) is 0 Å². The first-order valence-corrected chi connectivity index (χ1v) is 10.5. The van der Waals surface area contributed by atoms with E-state index in [-0.39, 0.29) is 23.7 Å². The third-order valence-electron chi connectivity index (χ3n) is 5.87. The molecule has 3 fully saturated rings. The second kappa shape index (κ2) is 7.99. The Morgan fingerprint density at radius 3 is 2.57 bits per heavy atom. The Hall–Kier alpha value is -2.46. The number of halogens is 3. The normalized spacial score (nSPS) is 25.7. The summed E-state index contributed by atoms with van der Waals surface area (Å²) in [7, 11) is 0. The monoisotopic (exact) mass is 438 g/mol. The maximum absolute atomic E-state index is 12.8. The van der Waals surface area contributed by atoms with Crippen LogP contribution in [0, 0.1) is 5.92 Å². The number of para-hydroxylation sites is 1. The standard InChI is InChI=1S/C20H21F3N4O2S/c1-11-16(12-6-8-27(11)9-7-12)26-17(28)15-10-24-18(30-15)13-4-2-3-5-14(13)25-19(29)20(21,22)23/h2-5,10-12,16H,6-9H2,1H3,(H,25,29)(H,26,28). The van der Waals surface area contributed by atoms with Crippen LogP contribution in [0.3, 0.4) is 0 Å². The lowest BCUT2D eigenvalue weighted by Crippen LogP contribution is -2.62. The van der Waals surface area contributed by atoms with Crippen molar-refractivity contribution in [2.75, 3.05) is 18.4 Å². The summed E-state index contributed by atoms with van der Waals surface area (Å²) >= 11 is 1.08. The van der Waals surface area contributed by atoms with Crippen LogP contribution in [-0.4, -0.2) is 53.0 Å². The first-order chi connectivity index (χ1) is 14.2. The zero-order valence-corrected chi connectivity index (χ0v) is 17.0. The van der Waals surface area contributed by atoms with Crippen molar-refractivity contribution in [2.24, 2.45) is 5.92 Å². The highest BCUT2D eigenvalue weighted by Crippen LogP contribution is 2.34. The number of nitrogens with zero attached hydrogens (tertiary/aromatic N) is 2. The highest BCUT2D eigenvalue weighted by molar-refractivity contribution is 7.17. The number of aromatic nitrogens is 1. The summed E-state index contributed by atoms with van der Waals surface area (Å²) in [5, 5.41) is 5.35. The maximum atomic E-state index is 12.8. The van der Waals surface area contributed by atoms with E-state index < -0.39 is 12.1 Å². The molecular formula is C20H21F3N4O2S. The third-order valence-corrected chi connectivity index (χ3v) is 6.90. The van der Waals surface area contributed by atoms with Crippen LogP contribution in [0.5, 0.6) is 0 Å². The number of amides is 2. The number of rotatable bonds is 4. The lowest BCUT2D eigenvalue weighted by molar-refractivity contribution is -0.167. The van der Waals surface area contributed by atoms with E-state index in [1.165, 1.54) is 18.3 Å². The number of thiazole rings is 1. The molecule has 6 nitrogen and oxygen atoms in total. The van der Waals surface area contributed by atoms with E-state index in [1.807, 2.05) is 5.32 Å².